The molecular weight excluding hydrogens is 340 g/mol. The Bertz CT molecular complexity index is 846. The van der Waals surface area contributed by atoms with E-state index in [1.165, 1.54) is 16.4 Å². The monoisotopic (exact) mass is 362 g/mol. The molecule has 0 aromatic heterocycles. The van der Waals surface area contributed by atoms with E-state index in [2.05, 4.69) is 5.32 Å². The molecule has 0 bridgehead atoms. The van der Waals surface area contributed by atoms with Crippen molar-refractivity contribution in [2.45, 2.75) is 18.7 Å². The largest absolute Gasteiger partial charge is 0.497 e. The number of nitrogens with one attached hydrogen (secondary N) is 1. The first-order valence-electron chi connectivity index (χ1n) is 7.98. The second-order valence-electron chi connectivity index (χ2n) is 5.30. The number of hydrogen-bond donors (Lipinski definition) is 1. The Hall–Kier alpha value is -2.38. The smallest absolute Gasteiger partial charge is 0.255 e. The molecule has 0 spiro atoms. The Morgan fingerprint density at radius 1 is 1.08 bits per heavy atom. The van der Waals surface area contributed by atoms with Gasteiger partial charge in [0, 0.05) is 30.4 Å². The summed E-state index contributed by atoms with van der Waals surface area (Å²) in [5.41, 5.74) is 0.845. The number of methoxy groups -OCH3 is 1. The quantitative estimate of drug-likeness (QED) is 0.822. The zero-order valence-electron chi connectivity index (χ0n) is 14.5. The number of hydrogen-bond acceptors (Lipinski definition) is 4. The van der Waals surface area contributed by atoms with Gasteiger partial charge >= 0.3 is 0 Å². The molecule has 0 saturated heterocycles. The molecule has 2 rings (SSSR count). The van der Waals surface area contributed by atoms with Crippen molar-refractivity contribution in [3.63, 3.8) is 0 Å². The molecule has 6 nitrogen and oxygen atoms in total. The van der Waals surface area contributed by atoms with Crippen molar-refractivity contribution in [3.8, 4) is 5.75 Å². The number of benzene rings is 2. The Balaban J connectivity index is 2.27. The zero-order valence-corrected chi connectivity index (χ0v) is 15.3. The molecule has 0 fully saturated rings. The van der Waals surface area contributed by atoms with Gasteiger partial charge in [-0.15, -0.1) is 0 Å². The summed E-state index contributed by atoms with van der Waals surface area (Å²) in [6.07, 6.45) is 0. The van der Waals surface area contributed by atoms with Crippen molar-refractivity contribution >= 4 is 21.6 Å². The van der Waals surface area contributed by atoms with Crippen molar-refractivity contribution in [2.24, 2.45) is 0 Å². The van der Waals surface area contributed by atoms with E-state index in [0.717, 1.165) is 0 Å². The van der Waals surface area contributed by atoms with Gasteiger partial charge < -0.3 is 10.1 Å². The van der Waals surface area contributed by atoms with Crippen LogP contribution >= 0.6 is 0 Å². The molecule has 25 heavy (non-hydrogen) atoms. The summed E-state index contributed by atoms with van der Waals surface area (Å²) >= 11 is 0. The van der Waals surface area contributed by atoms with E-state index < -0.39 is 10.0 Å². The summed E-state index contributed by atoms with van der Waals surface area (Å²) in [4.78, 5) is 12.5. The number of sulfonamides is 1. The summed E-state index contributed by atoms with van der Waals surface area (Å²) in [6, 6.07) is 13.0. The van der Waals surface area contributed by atoms with Crippen LogP contribution in [0, 0.1) is 0 Å². The van der Waals surface area contributed by atoms with Gasteiger partial charge in [-0.05, 0) is 30.3 Å². The predicted octanol–water partition coefficient (Wildman–Crippen LogP) is 2.98. The highest BCUT2D eigenvalue weighted by Gasteiger charge is 2.22. The summed E-state index contributed by atoms with van der Waals surface area (Å²) in [7, 11) is -2.06. The molecule has 0 heterocycles. The molecule has 7 heteroatoms. The average molecular weight is 362 g/mol. The lowest BCUT2D eigenvalue weighted by Crippen LogP contribution is -2.30. The van der Waals surface area contributed by atoms with Gasteiger partial charge in [0.25, 0.3) is 5.91 Å². The van der Waals surface area contributed by atoms with Crippen LogP contribution < -0.4 is 10.1 Å². The normalized spacial score (nSPS) is 11.4. The van der Waals surface area contributed by atoms with Gasteiger partial charge in [-0.25, -0.2) is 8.42 Å². The Morgan fingerprint density at radius 2 is 1.76 bits per heavy atom. The number of rotatable bonds is 7. The number of nitrogens with zero attached hydrogens (tertiary/aromatic N) is 1. The van der Waals surface area contributed by atoms with Crippen LogP contribution in [0.3, 0.4) is 0 Å². The Labute approximate surface area is 148 Å². The van der Waals surface area contributed by atoms with Crippen molar-refractivity contribution in [2.75, 3.05) is 25.5 Å². The molecule has 0 atom stereocenters. The van der Waals surface area contributed by atoms with E-state index >= 15 is 0 Å². The minimum absolute atomic E-state index is 0.106. The van der Waals surface area contributed by atoms with Gasteiger partial charge in [0.05, 0.1) is 12.0 Å². The van der Waals surface area contributed by atoms with Crippen LogP contribution in [-0.2, 0) is 10.0 Å². The molecule has 134 valence electrons. The summed E-state index contributed by atoms with van der Waals surface area (Å²) in [6.45, 7) is 4.30. The lowest BCUT2D eigenvalue weighted by Gasteiger charge is -2.18. The highest BCUT2D eigenvalue weighted by molar-refractivity contribution is 7.89. The third-order valence-corrected chi connectivity index (χ3v) is 5.81. The summed E-state index contributed by atoms with van der Waals surface area (Å²) in [5, 5.41) is 2.74. The van der Waals surface area contributed by atoms with Gasteiger partial charge in [0.15, 0.2) is 0 Å². The Kier molecular flexibility index (Phi) is 6.17. The van der Waals surface area contributed by atoms with E-state index in [0.29, 0.717) is 24.5 Å². The predicted molar refractivity (Wildman–Crippen MR) is 97.5 cm³/mol. The van der Waals surface area contributed by atoms with Gasteiger partial charge in [-0.2, -0.15) is 4.31 Å². The number of anilines is 1. The Morgan fingerprint density at radius 3 is 2.40 bits per heavy atom. The van der Waals surface area contributed by atoms with Crippen molar-refractivity contribution in [1.82, 2.24) is 4.31 Å². The van der Waals surface area contributed by atoms with Crippen molar-refractivity contribution < 1.29 is 17.9 Å². The standard InChI is InChI=1S/C18H22N2O4S/c1-4-20(5-2)25(22,23)17-11-6-8-14(12-17)18(21)19-15-9-7-10-16(13-15)24-3/h6-13H,4-5H2,1-3H3,(H,19,21). The minimum Gasteiger partial charge on any atom is -0.497 e. The molecule has 0 aliphatic rings. The maximum atomic E-state index is 12.6. The third kappa shape index (κ3) is 4.37. The van der Waals surface area contributed by atoms with Gasteiger partial charge in [-0.3, -0.25) is 4.79 Å². The first kappa shape index (κ1) is 19.0. The second-order valence-corrected chi connectivity index (χ2v) is 7.24. The first-order chi connectivity index (χ1) is 11.9. The van der Waals surface area contributed by atoms with Crippen LogP contribution in [0.25, 0.3) is 0 Å². The fourth-order valence-electron chi connectivity index (χ4n) is 2.41. The molecule has 0 radical (unpaired) electrons. The number of ether oxygens (including phenoxy) is 1. The third-order valence-electron chi connectivity index (χ3n) is 3.77. The summed E-state index contributed by atoms with van der Waals surface area (Å²) < 4.78 is 31.7. The van der Waals surface area contributed by atoms with Crippen LogP contribution in [0.1, 0.15) is 24.2 Å². The molecule has 0 aliphatic heterocycles. The lowest BCUT2D eigenvalue weighted by molar-refractivity contribution is 0.102. The number of carbonyl (C=O) groups excluding carboxylic acids is 1. The highest BCUT2D eigenvalue weighted by atomic mass is 32.2. The highest BCUT2D eigenvalue weighted by Crippen LogP contribution is 2.20. The van der Waals surface area contributed by atoms with E-state index in [1.54, 1.807) is 57.4 Å². The van der Waals surface area contributed by atoms with Crippen LogP contribution in [0.5, 0.6) is 5.75 Å². The molecule has 0 aliphatic carbocycles. The fourth-order valence-corrected chi connectivity index (χ4v) is 3.92. The van der Waals surface area contributed by atoms with Crippen LogP contribution in [0.2, 0.25) is 0 Å². The van der Waals surface area contributed by atoms with Crippen molar-refractivity contribution in [1.29, 1.82) is 0 Å². The average Bonchev–Trinajstić information content (AvgIpc) is 2.62. The van der Waals surface area contributed by atoms with E-state index in [4.69, 9.17) is 4.74 Å². The summed E-state index contributed by atoms with van der Waals surface area (Å²) in [5.74, 6) is 0.237. The van der Waals surface area contributed by atoms with E-state index in [-0.39, 0.29) is 16.4 Å². The van der Waals surface area contributed by atoms with Crippen LogP contribution in [0.4, 0.5) is 5.69 Å². The zero-order chi connectivity index (χ0) is 18.4. The fraction of sp³-hybridized carbons (Fsp3) is 0.278. The molecular formula is C18H22N2O4S. The maximum Gasteiger partial charge on any atom is 0.255 e. The van der Waals surface area contributed by atoms with Gasteiger partial charge in [0.1, 0.15) is 5.75 Å². The van der Waals surface area contributed by atoms with E-state index in [9.17, 15) is 13.2 Å². The topological polar surface area (TPSA) is 75.7 Å². The van der Waals surface area contributed by atoms with Crippen molar-refractivity contribution in [3.05, 3.63) is 54.1 Å². The SMILES string of the molecule is CCN(CC)S(=O)(=O)c1cccc(C(=O)Nc2cccc(OC)c2)c1. The number of amides is 1. The first-order valence-corrected chi connectivity index (χ1v) is 9.42. The molecule has 0 unspecified atom stereocenters. The molecule has 2 aromatic rings. The minimum atomic E-state index is -3.61. The second kappa shape index (κ2) is 8.13. The van der Waals surface area contributed by atoms with Crippen LogP contribution in [-0.4, -0.2) is 38.8 Å². The lowest BCUT2D eigenvalue weighted by atomic mass is 10.2. The van der Waals surface area contributed by atoms with Crippen LogP contribution in [0.15, 0.2) is 53.4 Å². The van der Waals surface area contributed by atoms with E-state index in [1.807, 2.05) is 0 Å². The maximum absolute atomic E-state index is 12.6. The molecule has 1 N–H and O–H groups in total. The molecule has 1 amide bonds. The molecule has 0 saturated carbocycles. The van der Waals surface area contributed by atoms with Gasteiger partial charge in [-0.1, -0.05) is 26.0 Å². The number of carbonyl (C=O) groups is 1. The van der Waals surface area contributed by atoms with Gasteiger partial charge in [0.2, 0.25) is 10.0 Å². The molecule has 2 aromatic carbocycles.